The molecular formula is C18H26ClNO4. The molecule has 0 aliphatic heterocycles. The van der Waals surface area contributed by atoms with Gasteiger partial charge in [0.15, 0.2) is 5.78 Å². The van der Waals surface area contributed by atoms with Gasteiger partial charge in [-0.25, -0.2) is 4.79 Å². The molecule has 0 heterocycles. The zero-order chi connectivity index (χ0) is 18.5. The molecule has 0 aliphatic carbocycles. The lowest BCUT2D eigenvalue weighted by atomic mass is 9.99. The molecule has 0 N–H and O–H groups in total. The molecule has 1 atom stereocenters. The first kappa shape index (κ1) is 20.5. The van der Waals surface area contributed by atoms with Crippen LogP contribution in [0, 0.1) is 0 Å². The fourth-order valence-corrected chi connectivity index (χ4v) is 2.45. The highest BCUT2D eigenvalue weighted by atomic mass is 35.5. The first-order valence-corrected chi connectivity index (χ1v) is 8.30. The van der Waals surface area contributed by atoms with Crippen LogP contribution in [0.1, 0.15) is 51.9 Å². The van der Waals surface area contributed by atoms with Crippen molar-refractivity contribution in [1.82, 2.24) is 4.90 Å². The molecule has 0 saturated heterocycles. The molecule has 0 spiro atoms. The van der Waals surface area contributed by atoms with E-state index in [1.807, 2.05) is 20.8 Å². The maximum absolute atomic E-state index is 12.7. The van der Waals surface area contributed by atoms with Crippen LogP contribution in [0.4, 0.5) is 4.79 Å². The minimum Gasteiger partial charge on any atom is -0.432 e. The molecule has 0 aromatic heterocycles. The number of hydrogen-bond donors (Lipinski definition) is 0. The Morgan fingerprint density at radius 2 is 1.83 bits per heavy atom. The van der Waals surface area contributed by atoms with E-state index in [-0.39, 0.29) is 24.2 Å². The second-order valence-electron chi connectivity index (χ2n) is 6.88. The third-order valence-corrected chi connectivity index (χ3v) is 3.71. The molecule has 0 fully saturated rings. The van der Waals surface area contributed by atoms with Crippen molar-refractivity contribution < 1.29 is 19.1 Å². The molecule has 5 nitrogen and oxygen atoms in total. The number of halogens is 1. The summed E-state index contributed by atoms with van der Waals surface area (Å²) in [4.78, 5) is 26.2. The third-order valence-electron chi connectivity index (χ3n) is 3.47. The summed E-state index contributed by atoms with van der Waals surface area (Å²) in [7, 11) is 0. The fourth-order valence-electron chi connectivity index (χ4n) is 2.26. The Bertz CT molecular complexity index is 581. The lowest BCUT2D eigenvalue weighted by molar-refractivity contribution is -0.0375. The Morgan fingerprint density at radius 1 is 1.21 bits per heavy atom. The molecule has 0 radical (unpaired) electrons. The zero-order valence-corrected chi connectivity index (χ0v) is 15.9. The van der Waals surface area contributed by atoms with Gasteiger partial charge < -0.3 is 9.47 Å². The summed E-state index contributed by atoms with van der Waals surface area (Å²) < 4.78 is 10.1. The van der Waals surface area contributed by atoms with Gasteiger partial charge in [-0.15, -0.1) is 0 Å². The van der Waals surface area contributed by atoms with Crippen LogP contribution in [-0.4, -0.2) is 41.3 Å². The van der Waals surface area contributed by atoms with Crippen molar-refractivity contribution in [2.45, 2.75) is 59.2 Å². The predicted molar refractivity (Wildman–Crippen MR) is 94.4 cm³/mol. The van der Waals surface area contributed by atoms with Crippen molar-refractivity contribution in [3.63, 3.8) is 0 Å². The Kier molecular flexibility index (Phi) is 7.24. The number of nitrogens with zero attached hydrogens (tertiary/aromatic N) is 1. The van der Waals surface area contributed by atoms with Gasteiger partial charge in [0, 0.05) is 16.1 Å². The van der Waals surface area contributed by atoms with Gasteiger partial charge in [-0.1, -0.05) is 23.7 Å². The quantitative estimate of drug-likeness (QED) is 0.426. The summed E-state index contributed by atoms with van der Waals surface area (Å²) in [6.07, 6.45) is -1.01. The van der Waals surface area contributed by atoms with E-state index in [4.69, 9.17) is 21.1 Å². The molecule has 1 rings (SSSR count). The standard InChI is InChI=1S/C18H26ClNO4/c1-12(2)24-17(22)23-11-20(18(4,5)6)13(3)16(21)14-8-7-9-15(19)10-14/h7-10,12-13H,11H2,1-6H3. The van der Waals surface area contributed by atoms with Crippen LogP contribution in [0.25, 0.3) is 0 Å². The molecule has 0 aliphatic rings. The van der Waals surface area contributed by atoms with Gasteiger partial charge in [0.05, 0.1) is 12.1 Å². The highest BCUT2D eigenvalue weighted by Gasteiger charge is 2.32. The van der Waals surface area contributed by atoms with Gasteiger partial charge in [0.2, 0.25) is 0 Å². The van der Waals surface area contributed by atoms with Crippen LogP contribution < -0.4 is 0 Å². The summed E-state index contributed by atoms with van der Waals surface area (Å²) >= 11 is 5.96. The van der Waals surface area contributed by atoms with Crippen LogP contribution >= 0.6 is 11.6 Å². The van der Waals surface area contributed by atoms with E-state index in [9.17, 15) is 9.59 Å². The summed E-state index contributed by atoms with van der Waals surface area (Å²) in [6.45, 7) is 11.1. The van der Waals surface area contributed by atoms with E-state index < -0.39 is 12.2 Å². The molecule has 6 heteroatoms. The van der Waals surface area contributed by atoms with Crippen LogP contribution in [0.5, 0.6) is 0 Å². The van der Waals surface area contributed by atoms with E-state index in [1.54, 1.807) is 49.9 Å². The second kappa shape index (κ2) is 8.49. The van der Waals surface area contributed by atoms with E-state index >= 15 is 0 Å². The number of carbonyl (C=O) groups excluding carboxylic acids is 2. The van der Waals surface area contributed by atoms with Crippen LogP contribution in [0.3, 0.4) is 0 Å². The monoisotopic (exact) mass is 355 g/mol. The van der Waals surface area contributed by atoms with Gasteiger partial charge in [0.1, 0.15) is 6.73 Å². The van der Waals surface area contributed by atoms with Crippen molar-refractivity contribution in [3.05, 3.63) is 34.9 Å². The van der Waals surface area contributed by atoms with Gasteiger partial charge >= 0.3 is 6.16 Å². The van der Waals surface area contributed by atoms with Crippen molar-refractivity contribution in [3.8, 4) is 0 Å². The van der Waals surface area contributed by atoms with Crippen molar-refractivity contribution in [2.75, 3.05) is 6.73 Å². The smallest absolute Gasteiger partial charge is 0.432 e. The van der Waals surface area contributed by atoms with E-state index in [2.05, 4.69) is 0 Å². The van der Waals surface area contributed by atoms with Gasteiger partial charge in [-0.05, 0) is 53.7 Å². The summed E-state index contributed by atoms with van der Waals surface area (Å²) in [5, 5.41) is 0.507. The number of Topliss-reactive ketones (excluding diaryl/α,β-unsaturated/α-hetero) is 1. The molecule has 1 aromatic rings. The average Bonchev–Trinajstić information content (AvgIpc) is 2.44. The Morgan fingerprint density at radius 3 is 2.33 bits per heavy atom. The van der Waals surface area contributed by atoms with Gasteiger partial charge in [0.25, 0.3) is 0 Å². The van der Waals surface area contributed by atoms with Gasteiger partial charge in [-0.3, -0.25) is 9.69 Å². The minimum absolute atomic E-state index is 0.0392. The second-order valence-corrected chi connectivity index (χ2v) is 7.32. The van der Waals surface area contributed by atoms with Crippen LogP contribution in [0.2, 0.25) is 5.02 Å². The molecule has 0 amide bonds. The highest BCUT2D eigenvalue weighted by Crippen LogP contribution is 2.21. The summed E-state index contributed by atoms with van der Waals surface area (Å²) in [5.41, 5.74) is 0.139. The Hall–Kier alpha value is -1.59. The third kappa shape index (κ3) is 6.13. The maximum atomic E-state index is 12.7. The zero-order valence-electron chi connectivity index (χ0n) is 15.1. The highest BCUT2D eigenvalue weighted by molar-refractivity contribution is 6.31. The SMILES string of the molecule is CC(C)OC(=O)OCN(C(C)C(=O)c1cccc(Cl)c1)C(C)(C)C. The van der Waals surface area contributed by atoms with Gasteiger partial charge in [-0.2, -0.15) is 0 Å². The summed E-state index contributed by atoms with van der Waals surface area (Å²) in [6, 6.07) is 6.32. The molecular weight excluding hydrogens is 330 g/mol. The molecule has 0 bridgehead atoms. The topological polar surface area (TPSA) is 55.8 Å². The molecule has 134 valence electrons. The molecule has 24 heavy (non-hydrogen) atoms. The number of ether oxygens (including phenoxy) is 2. The molecule has 1 aromatic carbocycles. The first-order valence-electron chi connectivity index (χ1n) is 7.92. The fraction of sp³-hybridized carbons (Fsp3) is 0.556. The number of hydrogen-bond acceptors (Lipinski definition) is 5. The molecule has 0 saturated carbocycles. The lowest BCUT2D eigenvalue weighted by Crippen LogP contribution is -2.51. The minimum atomic E-state index is -0.748. The van der Waals surface area contributed by atoms with Crippen LogP contribution in [-0.2, 0) is 9.47 Å². The first-order chi connectivity index (χ1) is 11.0. The number of benzene rings is 1. The largest absolute Gasteiger partial charge is 0.509 e. The predicted octanol–water partition coefficient (Wildman–Crippen LogP) is 4.53. The van der Waals surface area contributed by atoms with E-state index in [0.29, 0.717) is 10.6 Å². The van der Waals surface area contributed by atoms with Crippen molar-refractivity contribution in [1.29, 1.82) is 0 Å². The Labute approximate surface area is 148 Å². The van der Waals surface area contributed by atoms with E-state index in [0.717, 1.165) is 0 Å². The normalized spacial score (nSPS) is 13.0. The van der Waals surface area contributed by atoms with Crippen molar-refractivity contribution in [2.24, 2.45) is 0 Å². The maximum Gasteiger partial charge on any atom is 0.509 e. The number of ketones is 1. The Balaban J connectivity index is 2.87. The number of rotatable bonds is 6. The number of carbonyl (C=O) groups is 2. The lowest BCUT2D eigenvalue weighted by Gasteiger charge is -2.38. The van der Waals surface area contributed by atoms with Crippen LogP contribution in [0.15, 0.2) is 24.3 Å². The van der Waals surface area contributed by atoms with Crippen molar-refractivity contribution >= 4 is 23.5 Å². The molecule has 1 unspecified atom stereocenters. The average molecular weight is 356 g/mol. The summed E-state index contributed by atoms with van der Waals surface area (Å²) in [5.74, 6) is -0.0896. The van der Waals surface area contributed by atoms with E-state index in [1.165, 1.54) is 0 Å².